The van der Waals surface area contributed by atoms with Crippen molar-refractivity contribution in [3.63, 3.8) is 0 Å². The summed E-state index contributed by atoms with van der Waals surface area (Å²) < 4.78 is 17.9. The van der Waals surface area contributed by atoms with E-state index in [4.69, 9.17) is 0 Å². The van der Waals surface area contributed by atoms with Crippen molar-refractivity contribution in [2.45, 2.75) is 78.3 Å². The largest absolute Gasteiger partial charge is 0.391 e. The Morgan fingerprint density at radius 3 is 2.32 bits per heavy atom. The summed E-state index contributed by atoms with van der Waals surface area (Å²) >= 11 is 0. The molecule has 0 N–H and O–H groups in total. The summed E-state index contributed by atoms with van der Waals surface area (Å²) in [6.45, 7) is 6.17. The molecule has 0 aromatic carbocycles. The van der Waals surface area contributed by atoms with Crippen molar-refractivity contribution in [3.05, 3.63) is 0 Å². The third-order valence-corrected chi connectivity index (χ3v) is 2.94. The molecule has 0 rings (SSSR count). The molecule has 19 heavy (non-hydrogen) atoms. The van der Waals surface area contributed by atoms with Crippen LogP contribution in [0.2, 0.25) is 0 Å². The van der Waals surface area contributed by atoms with Gasteiger partial charge in [-0.25, -0.2) is 9.18 Å². The van der Waals surface area contributed by atoms with Crippen LogP contribution in [0.3, 0.4) is 0 Å². The molecular weight excluding hydrogens is 247 g/mol. The molecule has 0 heterocycles. The molecule has 0 aliphatic rings. The van der Waals surface area contributed by atoms with Gasteiger partial charge in [-0.3, -0.25) is 4.79 Å². The minimum Gasteiger partial charge on any atom is -0.391 e. The van der Waals surface area contributed by atoms with Gasteiger partial charge in [0.25, 0.3) is 0 Å². The zero-order valence-corrected chi connectivity index (χ0v) is 12.4. The summed E-state index contributed by atoms with van der Waals surface area (Å²) in [4.78, 5) is 22.6. The van der Waals surface area contributed by atoms with Crippen LogP contribution in [0.4, 0.5) is 4.39 Å². The standard InChI is InChI=1S/C15H27FO3/c1-4-5-6-7-11-14(17)19-15(18)13(16)10-8-9-12(2)3/h12-13H,4-11H2,1-3H3. The zero-order valence-electron chi connectivity index (χ0n) is 12.4. The summed E-state index contributed by atoms with van der Waals surface area (Å²) in [5, 5.41) is 0. The summed E-state index contributed by atoms with van der Waals surface area (Å²) in [7, 11) is 0. The van der Waals surface area contributed by atoms with Crippen molar-refractivity contribution < 1.29 is 18.7 Å². The molecule has 0 spiro atoms. The number of ether oxygens (including phenoxy) is 1. The molecule has 3 nitrogen and oxygen atoms in total. The van der Waals surface area contributed by atoms with Gasteiger partial charge < -0.3 is 4.74 Å². The Labute approximate surface area is 115 Å². The summed E-state index contributed by atoms with van der Waals surface area (Å²) in [6, 6.07) is 0. The van der Waals surface area contributed by atoms with Gasteiger partial charge in [0, 0.05) is 6.42 Å². The number of carbonyl (C=O) groups excluding carboxylic acids is 2. The number of halogens is 1. The number of alkyl halides is 1. The summed E-state index contributed by atoms with van der Waals surface area (Å²) in [5.41, 5.74) is 0. The van der Waals surface area contributed by atoms with Crippen molar-refractivity contribution >= 4 is 11.9 Å². The fourth-order valence-electron chi connectivity index (χ4n) is 1.75. The average molecular weight is 274 g/mol. The fraction of sp³-hybridized carbons (Fsp3) is 0.867. The van der Waals surface area contributed by atoms with E-state index in [1.807, 2.05) is 13.8 Å². The van der Waals surface area contributed by atoms with Gasteiger partial charge in [0.15, 0.2) is 6.17 Å². The first kappa shape index (κ1) is 18.1. The predicted molar refractivity (Wildman–Crippen MR) is 73.4 cm³/mol. The third kappa shape index (κ3) is 10.7. The van der Waals surface area contributed by atoms with Gasteiger partial charge in [-0.2, -0.15) is 0 Å². The monoisotopic (exact) mass is 274 g/mol. The van der Waals surface area contributed by atoms with E-state index in [-0.39, 0.29) is 12.8 Å². The van der Waals surface area contributed by atoms with Crippen LogP contribution >= 0.6 is 0 Å². The predicted octanol–water partition coefficient (Wildman–Crippen LogP) is 4.19. The van der Waals surface area contributed by atoms with Crippen molar-refractivity contribution in [2.75, 3.05) is 0 Å². The highest BCUT2D eigenvalue weighted by atomic mass is 19.1. The summed E-state index contributed by atoms with van der Waals surface area (Å²) in [6.07, 6.45) is 3.95. The van der Waals surface area contributed by atoms with Crippen molar-refractivity contribution in [1.29, 1.82) is 0 Å². The van der Waals surface area contributed by atoms with Gasteiger partial charge in [0.05, 0.1) is 0 Å². The number of unbranched alkanes of at least 4 members (excludes halogenated alkanes) is 3. The van der Waals surface area contributed by atoms with E-state index >= 15 is 0 Å². The Hall–Kier alpha value is -0.930. The van der Waals surface area contributed by atoms with Crippen molar-refractivity contribution in [3.8, 4) is 0 Å². The molecule has 0 aliphatic heterocycles. The minimum atomic E-state index is -1.67. The highest BCUT2D eigenvalue weighted by molar-refractivity contribution is 5.87. The van der Waals surface area contributed by atoms with Gasteiger partial charge >= 0.3 is 11.9 Å². The van der Waals surface area contributed by atoms with E-state index in [1.165, 1.54) is 0 Å². The van der Waals surface area contributed by atoms with Crippen molar-refractivity contribution in [2.24, 2.45) is 5.92 Å². The van der Waals surface area contributed by atoms with Crippen LogP contribution in [-0.2, 0) is 14.3 Å². The summed E-state index contributed by atoms with van der Waals surface area (Å²) in [5.74, 6) is -1.14. The van der Waals surface area contributed by atoms with Gasteiger partial charge in [-0.1, -0.05) is 46.5 Å². The van der Waals surface area contributed by atoms with E-state index in [1.54, 1.807) is 0 Å². The molecule has 1 atom stereocenters. The van der Waals surface area contributed by atoms with E-state index in [0.717, 1.165) is 25.7 Å². The molecule has 1 unspecified atom stereocenters. The Balaban J connectivity index is 3.72. The van der Waals surface area contributed by atoms with E-state index < -0.39 is 18.1 Å². The maximum atomic E-state index is 13.4. The molecule has 0 aromatic heterocycles. The first-order valence-electron chi connectivity index (χ1n) is 7.36. The van der Waals surface area contributed by atoms with Gasteiger partial charge in [0.1, 0.15) is 0 Å². The van der Waals surface area contributed by atoms with Crippen LogP contribution < -0.4 is 0 Å². The number of carbonyl (C=O) groups is 2. The molecular formula is C15H27FO3. The van der Waals surface area contributed by atoms with E-state index in [0.29, 0.717) is 18.8 Å². The fourth-order valence-corrected chi connectivity index (χ4v) is 1.75. The Bertz CT molecular complexity index is 264. The van der Waals surface area contributed by atoms with Gasteiger partial charge in [-0.05, 0) is 25.2 Å². The second-order valence-electron chi connectivity index (χ2n) is 5.40. The molecule has 0 aromatic rings. The van der Waals surface area contributed by atoms with E-state index in [2.05, 4.69) is 11.7 Å². The molecule has 0 aliphatic carbocycles. The molecule has 0 amide bonds. The van der Waals surface area contributed by atoms with Crippen LogP contribution in [0.5, 0.6) is 0 Å². The lowest BCUT2D eigenvalue weighted by Crippen LogP contribution is -2.22. The minimum absolute atomic E-state index is 0.139. The number of esters is 2. The molecule has 112 valence electrons. The maximum Gasteiger partial charge on any atom is 0.348 e. The highest BCUT2D eigenvalue weighted by Gasteiger charge is 2.21. The topological polar surface area (TPSA) is 43.4 Å². The van der Waals surface area contributed by atoms with Crippen LogP contribution in [-0.4, -0.2) is 18.1 Å². The Morgan fingerprint density at radius 2 is 1.74 bits per heavy atom. The van der Waals surface area contributed by atoms with Crippen LogP contribution in [0.15, 0.2) is 0 Å². The van der Waals surface area contributed by atoms with Crippen LogP contribution in [0.1, 0.15) is 72.1 Å². The molecule has 0 radical (unpaired) electrons. The molecule has 0 bridgehead atoms. The second kappa shape index (κ2) is 10.9. The average Bonchev–Trinajstić information content (AvgIpc) is 2.34. The lowest BCUT2D eigenvalue weighted by Gasteiger charge is -2.08. The van der Waals surface area contributed by atoms with Crippen molar-refractivity contribution in [1.82, 2.24) is 0 Å². The lowest BCUT2D eigenvalue weighted by atomic mass is 10.0. The van der Waals surface area contributed by atoms with Gasteiger partial charge in [0.2, 0.25) is 0 Å². The van der Waals surface area contributed by atoms with Crippen LogP contribution in [0.25, 0.3) is 0 Å². The quantitative estimate of drug-likeness (QED) is 0.341. The first-order chi connectivity index (χ1) is 8.97. The molecule has 0 fully saturated rings. The molecule has 4 heteroatoms. The number of hydrogen-bond acceptors (Lipinski definition) is 3. The van der Waals surface area contributed by atoms with E-state index in [9.17, 15) is 14.0 Å². The normalized spacial score (nSPS) is 12.5. The van der Waals surface area contributed by atoms with Crippen LogP contribution in [0, 0.1) is 5.92 Å². The second-order valence-corrected chi connectivity index (χ2v) is 5.40. The SMILES string of the molecule is CCCCCCC(=O)OC(=O)C(F)CCCC(C)C. The Kier molecular flexibility index (Phi) is 10.4. The third-order valence-electron chi connectivity index (χ3n) is 2.94. The molecule has 0 saturated carbocycles. The maximum absolute atomic E-state index is 13.4. The molecule has 0 saturated heterocycles. The smallest absolute Gasteiger partial charge is 0.348 e. The zero-order chi connectivity index (χ0) is 14.7. The number of hydrogen-bond donors (Lipinski definition) is 0. The highest BCUT2D eigenvalue weighted by Crippen LogP contribution is 2.12. The Morgan fingerprint density at radius 1 is 1.05 bits per heavy atom. The van der Waals surface area contributed by atoms with Gasteiger partial charge in [-0.15, -0.1) is 0 Å². The first-order valence-corrected chi connectivity index (χ1v) is 7.36. The lowest BCUT2D eigenvalue weighted by molar-refractivity contribution is -0.163. The number of rotatable bonds is 10.